The summed E-state index contributed by atoms with van der Waals surface area (Å²) < 4.78 is 0. The van der Waals surface area contributed by atoms with Crippen molar-refractivity contribution in [2.75, 3.05) is 19.6 Å². The second kappa shape index (κ2) is 9.37. The van der Waals surface area contributed by atoms with Crippen molar-refractivity contribution in [2.45, 2.75) is 25.3 Å². The van der Waals surface area contributed by atoms with E-state index in [2.05, 4.69) is 22.1 Å². The summed E-state index contributed by atoms with van der Waals surface area (Å²) in [4.78, 5) is 32.6. The fourth-order valence-electron chi connectivity index (χ4n) is 1.24. The van der Waals surface area contributed by atoms with E-state index in [0.29, 0.717) is 6.42 Å². The van der Waals surface area contributed by atoms with Crippen LogP contribution in [0, 0.1) is 0 Å². The molecule has 8 nitrogen and oxygen atoms in total. The average Bonchev–Trinajstić information content (AvgIpc) is 2.33. The van der Waals surface area contributed by atoms with Crippen LogP contribution in [0.25, 0.3) is 0 Å². The molecule has 0 fully saturated rings. The lowest BCUT2D eigenvalue weighted by atomic mass is 10.1. The first-order valence-corrected chi connectivity index (χ1v) is 5.84. The van der Waals surface area contributed by atoms with Crippen LogP contribution in [0.2, 0.25) is 0 Å². The third-order valence-electron chi connectivity index (χ3n) is 2.28. The Morgan fingerprint density at radius 2 is 1.78 bits per heavy atom. The van der Waals surface area contributed by atoms with Crippen molar-refractivity contribution in [1.29, 1.82) is 0 Å². The molecule has 104 valence electrons. The van der Waals surface area contributed by atoms with Gasteiger partial charge in [-0.1, -0.05) is 0 Å². The monoisotopic (exact) mass is 261 g/mol. The van der Waals surface area contributed by atoms with Crippen molar-refractivity contribution in [3.8, 4) is 0 Å². The predicted octanol–water partition coefficient (Wildman–Crippen LogP) is -5.01. The van der Waals surface area contributed by atoms with E-state index in [1.165, 1.54) is 0 Å². The summed E-state index contributed by atoms with van der Waals surface area (Å²) in [6, 6.07) is -0.412. The van der Waals surface area contributed by atoms with Gasteiger partial charge in [-0.2, -0.15) is 0 Å². The molecule has 0 aromatic rings. The number of aliphatic carboxylic acids is 1. The molecule has 2 amide bonds. The third-order valence-corrected chi connectivity index (χ3v) is 2.28. The third kappa shape index (κ3) is 8.48. The fourth-order valence-corrected chi connectivity index (χ4v) is 1.24. The second-order valence-electron chi connectivity index (χ2n) is 3.91. The highest BCUT2D eigenvalue weighted by molar-refractivity contribution is 5.87. The zero-order valence-corrected chi connectivity index (χ0v) is 10.4. The van der Waals surface area contributed by atoms with E-state index in [1.54, 1.807) is 0 Å². The summed E-state index contributed by atoms with van der Waals surface area (Å²) in [5.74, 6) is -2.27. The Morgan fingerprint density at radius 1 is 1.11 bits per heavy atom. The van der Waals surface area contributed by atoms with Gasteiger partial charge in [0.1, 0.15) is 0 Å². The molecule has 0 spiro atoms. The number of rotatable bonds is 9. The zero-order valence-electron chi connectivity index (χ0n) is 10.4. The molecule has 0 aromatic heterocycles. The molecule has 8 N–H and O–H groups in total. The van der Waals surface area contributed by atoms with Crippen molar-refractivity contribution in [2.24, 2.45) is 0 Å². The van der Waals surface area contributed by atoms with E-state index in [9.17, 15) is 19.5 Å². The van der Waals surface area contributed by atoms with Crippen molar-refractivity contribution in [3.63, 3.8) is 0 Å². The number of carboxylic acids is 1. The molecule has 0 bridgehead atoms. The molecule has 0 radical (unpaired) electrons. The van der Waals surface area contributed by atoms with Gasteiger partial charge in [-0.05, 0) is 12.8 Å². The van der Waals surface area contributed by atoms with Gasteiger partial charge in [0.15, 0.2) is 6.04 Å². The first-order valence-electron chi connectivity index (χ1n) is 5.84. The number of carboxylic acid groups (broad SMARTS) is 1. The largest absolute Gasteiger partial charge is 0.548 e. The maximum Gasteiger partial charge on any atom is 0.278 e. The Hall–Kier alpha value is -1.67. The lowest BCUT2D eigenvalue weighted by molar-refractivity contribution is -0.406. The van der Waals surface area contributed by atoms with Gasteiger partial charge in [0.2, 0.25) is 5.91 Å². The van der Waals surface area contributed by atoms with Crippen LogP contribution >= 0.6 is 0 Å². The topological polar surface area (TPSA) is 154 Å². The molecule has 0 aliphatic heterocycles. The number of nitrogens with one attached hydrogen (secondary N) is 2. The molecule has 0 saturated heterocycles. The van der Waals surface area contributed by atoms with Crippen molar-refractivity contribution in [3.05, 3.63) is 0 Å². The molecule has 18 heavy (non-hydrogen) atoms. The summed E-state index contributed by atoms with van der Waals surface area (Å²) in [6.45, 7) is -0.000553. The van der Waals surface area contributed by atoms with Gasteiger partial charge in [-0.25, -0.2) is 0 Å². The lowest BCUT2D eigenvalue weighted by Gasteiger charge is -2.09. The standard InChI is InChI=1S/C10H20N4O4/c11-4-2-1-3-7(12)10(18)14-5-8(15)13-6-9(16)17/h7H,1-6,11-12H2,(H,13,15)(H,14,18)(H,16,17)/p+1/t7-/m0/s1. The SMILES string of the molecule is [NH3+]CCCC[C@H]([NH3+])C(=O)NCC(=O)NCC(=O)[O-]. The number of quaternary nitrogens is 2. The van der Waals surface area contributed by atoms with E-state index < -0.39 is 24.5 Å². The van der Waals surface area contributed by atoms with Crippen LogP contribution in [-0.2, 0) is 14.4 Å². The summed E-state index contributed by atoms with van der Waals surface area (Å²) in [5, 5.41) is 14.5. The highest BCUT2D eigenvalue weighted by Crippen LogP contribution is 1.95. The molecule has 0 aliphatic carbocycles. The van der Waals surface area contributed by atoms with Crippen LogP contribution in [0.3, 0.4) is 0 Å². The van der Waals surface area contributed by atoms with Crippen LogP contribution in [0.4, 0.5) is 0 Å². The summed E-state index contributed by atoms with van der Waals surface area (Å²) in [5.41, 5.74) is 7.39. The number of hydrogen-bond donors (Lipinski definition) is 4. The smallest absolute Gasteiger partial charge is 0.278 e. The van der Waals surface area contributed by atoms with Crippen LogP contribution in [-0.4, -0.2) is 43.5 Å². The molecule has 0 aromatic carbocycles. The zero-order chi connectivity index (χ0) is 14.0. The molecule has 0 saturated carbocycles. The van der Waals surface area contributed by atoms with Gasteiger partial charge in [0.25, 0.3) is 5.91 Å². The van der Waals surface area contributed by atoms with Gasteiger partial charge >= 0.3 is 0 Å². The maximum atomic E-state index is 11.5. The normalized spacial score (nSPS) is 11.7. The number of unbranched alkanes of at least 4 members (excludes halogenated alkanes) is 1. The fraction of sp³-hybridized carbons (Fsp3) is 0.700. The van der Waals surface area contributed by atoms with Crippen LogP contribution in [0.5, 0.6) is 0 Å². The van der Waals surface area contributed by atoms with Gasteiger partial charge in [-0.3, -0.25) is 9.59 Å². The van der Waals surface area contributed by atoms with E-state index in [0.717, 1.165) is 19.4 Å². The predicted molar refractivity (Wildman–Crippen MR) is 59.3 cm³/mol. The molecular formula is C10H21N4O4+. The first kappa shape index (κ1) is 16.3. The first-order chi connectivity index (χ1) is 8.47. The van der Waals surface area contributed by atoms with Crippen molar-refractivity contribution < 1.29 is 31.0 Å². The Labute approximate surface area is 105 Å². The van der Waals surface area contributed by atoms with E-state index in [-0.39, 0.29) is 12.5 Å². The number of carbonyl (C=O) groups excluding carboxylic acids is 3. The van der Waals surface area contributed by atoms with Crippen LogP contribution in [0.15, 0.2) is 0 Å². The van der Waals surface area contributed by atoms with Crippen LogP contribution < -0.4 is 27.2 Å². The molecule has 0 rings (SSSR count). The van der Waals surface area contributed by atoms with Gasteiger partial charge in [0, 0.05) is 6.42 Å². The van der Waals surface area contributed by atoms with Gasteiger partial charge in [0.05, 0.1) is 25.6 Å². The highest BCUT2D eigenvalue weighted by atomic mass is 16.4. The second-order valence-corrected chi connectivity index (χ2v) is 3.91. The van der Waals surface area contributed by atoms with Gasteiger partial charge in [-0.15, -0.1) is 0 Å². The van der Waals surface area contributed by atoms with E-state index in [4.69, 9.17) is 0 Å². The molecule has 0 unspecified atom stereocenters. The lowest BCUT2D eigenvalue weighted by Crippen LogP contribution is -2.67. The minimum atomic E-state index is -1.38. The Morgan fingerprint density at radius 3 is 2.33 bits per heavy atom. The average molecular weight is 261 g/mol. The molecule has 0 heterocycles. The summed E-state index contributed by atoms with van der Waals surface area (Å²) in [6.07, 6.45) is 2.44. The van der Waals surface area contributed by atoms with Crippen LogP contribution in [0.1, 0.15) is 19.3 Å². The number of amides is 2. The Kier molecular flexibility index (Phi) is 8.50. The summed E-state index contributed by atoms with van der Waals surface area (Å²) in [7, 11) is 0. The quantitative estimate of drug-likeness (QED) is 0.307. The molecular weight excluding hydrogens is 240 g/mol. The molecule has 1 atom stereocenters. The minimum absolute atomic E-state index is 0.256. The van der Waals surface area contributed by atoms with Gasteiger partial charge < -0.3 is 32.0 Å². The van der Waals surface area contributed by atoms with E-state index in [1.807, 2.05) is 0 Å². The highest BCUT2D eigenvalue weighted by Gasteiger charge is 2.17. The molecule has 8 heteroatoms. The van der Waals surface area contributed by atoms with E-state index >= 15 is 0 Å². The Bertz CT molecular complexity index is 296. The minimum Gasteiger partial charge on any atom is -0.548 e. The van der Waals surface area contributed by atoms with Crippen molar-refractivity contribution in [1.82, 2.24) is 10.6 Å². The maximum absolute atomic E-state index is 11.5. The number of carbonyl (C=O) groups is 3. The van der Waals surface area contributed by atoms with Crippen molar-refractivity contribution >= 4 is 17.8 Å². The number of hydrogen-bond acceptors (Lipinski definition) is 4. The summed E-state index contributed by atoms with van der Waals surface area (Å²) >= 11 is 0. The molecule has 0 aliphatic rings. The Balaban J connectivity index is 3.74.